The predicted octanol–water partition coefficient (Wildman–Crippen LogP) is 3.49. The molecule has 1 saturated heterocycles. The molecule has 114 valence electrons. The quantitative estimate of drug-likeness (QED) is 0.661. The molecule has 1 saturated carbocycles. The van der Waals surface area contributed by atoms with Crippen LogP contribution in [0.1, 0.15) is 44.1 Å². The first-order valence-electron chi connectivity index (χ1n) is 7.53. The van der Waals surface area contributed by atoms with E-state index in [1.807, 2.05) is 0 Å². The molecular formula is C16H21ClN2O2. The van der Waals surface area contributed by atoms with Crippen molar-refractivity contribution < 1.29 is 9.47 Å². The molecule has 4 nitrogen and oxygen atoms in total. The van der Waals surface area contributed by atoms with Gasteiger partial charge in [0.05, 0.1) is 16.7 Å². The lowest BCUT2D eigenvalue weighted by molar-refractivity contribution is -0.0508. The summed E-state index contributed by atoms with van der Waals surface area (Å²) in [5.41, 5.74) is 6.18. The van der Waals surface area contributed by atoms with Gasteiger partial charge in [0.15, 0.2) is 0 Å². The molecule has 0 aromatic heterocycles. The van der Waals surface area contributed by atoms with Gasteiger partial charge >= 0.3 is 0 Å². The average molecular weight is 309 g/mol. The monoisotopic (exact) mass is 308 g/mol. The van der Waals surface area contributed by atoms with Gasteiger partial charge in [0.1, 0.15) is 18.2 Å². The van der Waals surface area contributed by atoms with E-state index in [1.54, 1.807) is 18.2 Å². The summed E-state index contributed by atoms with van der Waals surface area (Å²) in [4.78, 5) is 0. The molecule has 5 heteroatoms. The molecule has 0 bridgehead atoms. The number of nitrogens with two attached hydrogens (primary N) is 1. The van der Waals surface area contributed by atoms with E-state index < -0.39 is 0 Å². The minimum atomic E-state index is 0.00533. The summed E-state index contributed by atoms with van der Waals surface area (Å²) in [6.07, 6.45) is 7.32. The number of nitrogens with one attached hydrogen (secondary N) is 1. The van der Waals surface area contributed by atoms with Crippen LogP contribution >= 0.6 is 11.6 Å². The zero-order chi connectivity index (χ0) is 14.9. The van der Waals surface area contributed by atoms with E-state index in [0.29, 0.717) is 22.9 Å². The summed E-state index contributed by atoms with van der Waals surface area (Å²) in [6.45, 7) is 0.529. The fourth-order valence-corrected chi connectivity index (χ4v) is 3.60. The second-order valence-electron chi connectivity index (χ2n) is 6.04. The SMILES string of the molecule is N=C(N)c1ccc(OCC2CCC3(CCCC3)O2)c(Cl)c1. The molecule has 1 aromatic carbocycles. The van der Waals surface area contributed by atoms with Crippen LogP contribution in [0.5, 0.6) is 5.75 Å². The Bertz CT molecular complexity index is 541. The molecule has 1 aliphatic heterocycles. The number of hydrogen-bond donors (Lipinski definition) is 2. The molecule has 3 rings (SSSR count). The third kappa shape index (κ3) is 3.16. The van der Waals surface area contributed by atoms with Gasteiger partial charge in [-0.3, -0.25) is 5.41 Å². The number of halogens is 1. The van der Waals surface area contributed by atoms with Crippen LogP contribution in [0, 0.1) is 5.41 Å². The third-order valence-electron chi connectivity index (χ3n) is 4.52. The van der Waals surface area contributed by atoms with Gasteiger partial charge in [0.25, 0.3) is 0 Å². The molecule has 1 unspecified atom stereocenters. The Labute approximate surface area is 130 Å². The van der Waals surface area contributed by atoms with Crippen LogP contribution in [0.15, 0.2) is 18.2 Å². The van der Waals surface area contributed by atoms with Crippen molar-refractivity contribution in [3.63, 3.8) is 0 Å². The average Bonchev–Trinajstić information content (AvgIpc) is 3.08. The highest BCUT2D eigenvalue weighted by Crippen LogP contribution is 2.43. The third-order valence-corrected chi connectivity index (χ3v) is 4.82. The first-order chi connectivity index (χ1) is 10.1. The second-order valence-corrected chi connectivity index (χ2v) is 6.45. The number of amidine groups is 1. The van der Waals surface area contributed by atoms with Gasteiger partial charge < -0.3 is 15.2 Å². The number of rotatable bonds is 4. The van der Waals surface area contributed by atoms with Gasteiger partial charge in [0, 0.05) is 5.56 Å². The molecule has 0 amide bonds. The van der Waals surface area contributed by atoms with Crippen molar-refractivity contribution in [1.82, 2.24) is 0 Å². The molecule has 21 heavy (non-hydrogen) atoms. The van der Waals surface area contributed by atoms with Crippen molar-refractivity contribution in [2.75, 3.05) is 6.61 Å². The fraction of sp³-hybridized carbons (Fsp3) is 0.562. The van der Waals surface area contributed by atoms with Crippen molar-refractivity contribution >= 4 is 17.4 Å². The largest absolute Gasteiger partial charge is 0.489 e. The molecule has 3 N–H and O–H groups in total. The molecular weight excluding hydrogens is 288 g/mol. The van der Waals surface area contributed by atoms with E-state index in [-0.39, 0.29) is 17.5 Å². The first kappa shape index (κ1) is 14.7. The van der Waals surface area contributed by atoms with E-state index in [1.165, 1.54) is 25.7 Å². The van der Waals surface area contributed by atoms with Gasteiger partial charge in [-0.15, -0.1) is 0 Å². The smallest absolute Gasteiger partial charge is 0.138 e. The van der Waals surface area contributed by atoms with Crippen LogP contribution in [0.25, 0.3) is 0 Å². The zero-order valence-corrected chi connectivity index (χ0v) is 12.8. The second kappa shape index (κ2) is 5.85. The Morgan fingerprint density at radius 2 is 2.14 bits per heavy atom. The number of ether oxygens (including phenoxy) is 2. The lowest BCUT2D eigenvalue weighted by Crippen LogP contribution is -2.27. The minimum Gasteiger partial charge on any atom is -0.489 e. The summed E-state index contributed by atoms with van der Waals surface area (Å²) in [6, 6.07) is 5.17. The van der Waals surface area contributed by atoms with E-state index in [0.717, 1.165) is 12.8 Å². The predicted molar refractivity (Wildman–Crippen MR) is 83.3 cm³/mol. The van der Waals surface area contributed by atoms with Crippen LogP contribution in [0.4, 0.5) is 0 Å². The Balaban J connectivity index is 1.57. The Kier molecular flexibility index (Phi) is 4.09. The van der Waals surface area contributed by atoms with Crippen molar-refractivity contribution in [3.05, 3.63) is 28.8 Å². The highest BCUT2D eigenvalue weighted by molar-refractivity contribution is 6.32. The molecule has 1 atom stereocenters. The summed E-state index contributed by atoms with van der Waals surface area (Å²) in [7, 11) is 0. The number of hydrogen-bond acceptors (Lipinski definition) is 3. The van der Waals surface area contributed by atoms with Crippen LogP contribution in [-0.2, 0) is 4.74 Å². The molecule has 1 spiro atoms. The van der Waals surface area contributed by atoms with E-state index in [4.69, 9.17) is 32.2 Å². The van der Waals surface area contributed by atoms with Crippen molar-refractivity contribution in [1.29, 1.82) is 5.41 Å². The lowest BCUT2D eigenvalue weighted by Gasteiger charge is -2.23. The van der Waals surface area contributed by atoms with E-state index in [9.17, 15) is 0 Å². The van der Waals surface area contributed by atoms with E-state index in [2.05, 4.69) is 0 Å². The maximum Gasteiger partial charge on any atom is 0.138 e. The number of benzene rings is 1. The van der Waals surface area contributed by atoms with Gasteiger partial charge in [0.2, 0.25) is 0 Å². The van der Waals surface area contributed by atoms with Crippen molar-refractivity contribution in [2.45, 2.75) is 50.2 Å². The molecule has 1 aliphatic carbocycles. The van der Waals surface area contributed by atoms with Crippen LogP contribution in [-0.4, -0.2) is 24.1 Å². The van der Waals surface area contributed by atoms with Gasteiger partial charge in [-0.2, -0.15) is 0 Å². The lowest BCUT2D eigenvalue weighted by atomic mass is 9.98. The van der Waals surface area contributed by atoms with Gasteiger partial charge in [-0.1, -0.05) is 24.4 Å². The summed E-state index contributed by atoms with van der Waals surface area (Å²) in [5, 5.41) is 7.87. The zero-order valence-electron chi connectivity index (χ0n) is 12.0. The Morgan fingerprint density at radius 3 is 2.81 bits per heavy atom. The fourth-order valence-electron chi connectivity index (χ4n) is 3.37. The molecule has 2 fully saturated rings. The maximum absolute atomic E-state index is 7.39. The molecule has 1 aromatic rings. The standard InChI is InChI=1S/C16H21ClN2O2/c17-13-9-11(15(18)19)3-4-14(13)20-10-12-5-8-16(21-12)6-1-2-7-16/h3-4,9,12H,1-2,5-8,10H2,(H3,18,19). The van der Waals surface area contributed by atoms with Gasteiger partial charge in [-0.05, 0) is 43.9 Å². The van der Waals surface area contributed by atoms with Crippen LogP contribution in [0.3, 0.4) is 0 Å². The summed E-state index contributed by atoms with van der Waals surface area (Å²) in [5.74, 6) is 0.628. The molecule has 2 aliphatic rings. The van der Waals surface area contributed by atoms with Crippen LogP contribution < -0.4 is 10.5 Å². The molecule has 0 radical (unpaired) electrons. The number of nitrogen functional groups attached to an aromatic ring is 1. The normalized spacial score (nSPS) is 23.6. The highest BCUT2D eigenvalue weighted by Gasteiger charge is 2.42. The van der Waals surface area contributed by atoms with Crippen molar-refractivity contribution in [3.8, 4) is 5.75 Å². The summed E-state index contributed by atoms with van der Waals surface area (Å²) < 4.78 is 12.0. The topological polar surface area (TPSA) is 68.3 Å². The highest BCUT2D eigenvalue weighted by atomic mass is 35.5. The van der Waals surface area contributed by atoms with Crippen molar-refractivity contribution in [2.24, 2.45) is 5.73 Å². The minimum absolute atomic E-state index is 0.00533. The van der Waals surface area contributed by atoms with E-state index >= 15 is 0 Å². The Morgan fingerprint density at radius 1 is 1.38 bits per heavy atom. The maximum atomic E-state index is 7.39. The first-order valence-corrected chi connectivity index (χ1v) is 7.90. The van der Waals surface area contributed by atoms with Crippen LogP contribution in [0.2, 0.25) is 5.02 Å². The Hall–Kier alpha value is -1.26. The van der Waals surface area contributed by atoms with Gasteiger partial charge in [-0.25, -0.2) is 0 Å². The summed E-state index contributed by atoms with van der Waals surface area (Å²) >= 11 is 6.16. The molecule has 1 heterocycles.